The van der Waals surface area contributed by atoms with E-state index in [1.54, 1.807) is 23.5 Å². The topological polar surface area (TPSA) is 165 Å². The Morgan fingerprint density at radius 3 is 1.80 bits per heavy atom. The number of ether oxygens (including phenoxy) is 1. The van der Waals surface area contributed by atoms with E-state index in [-0.39, 0.29) is 11.6 Å². The van der Waals surface area contributed by atoms with Crippen LogP contribution in [0.1, 0.15) is 29.9 Å². The van der Waals surface area contributed by atoms with E-state index in [2.05, 4.69) is 80.8 Å². The Morgan fingerprint density at radius 1 is 0.705 bits per heavy atom. The van der Waals surface area contributed by atoms with Crippen LogP contribution in [0.3, 0.4) is 0 Å². The molecule has 0 aliphatic carbocycles. The maximum Gasteiger partial charge on any atom is 0.358 e. The van der Waals surface area contributed by atoms with Crippen molar-refractivity contribution in [2.75, 3.05) is 60.8 Å². The van der Waals surface area contributed by atoms with Crippen LogP contribution in [-0.4, -0.2) is 80.4 Å². The number of nitrogens with one attached hydrogen (secondary N) is 4. The minimum atomic E-state index is -0.513. The van der Waals surface area contributed by atoms with Gasteiger partial charge in [0, 0.05) is 72.7 Å². The molecule has 2 atom stereocenters. The van der Waals surface area contributed by atoms with Gasteiger partial charge < -0.3 is 26.0 Å². The van der Waals surface area contributed by atoms with Crippen LogP contribution in [0.5, 0.6) is 0 Å². The lowest BCUT2D eigenvalue weighted by Crippen LogP contribution is -2.21. The van der Waals surface area contributed by atoms with E-state index in [9.17, 15) is 4.79 Å². The summed E-state index contributed by atoms with van der Waals surface area (Å²) in [5.41, 5.74) is 1.29. The first-order valence-electron chi connectivity index (χ1n) is 14.0. The Kier molecular flexibility index (Phi) is 12.7. The summed E-state index contributed by atoms with van der Waals surface area (Å²) in [5.74, 6) is 3.53. The summed E-state index contributed by atoms with van der Waals surface area (Å²) in [6, 6.07) is 4.08. The molecule has 0 radical (unpaired) electrons. The van der Waals surface area contributed by atoms with E-state index in [4.69, 9.17) is 0 Å². The SMILES string of the molecule is COC(=O)c1cnc(NCC(C)CNc2ncc(SCc3ccc(NCC(C)CNc4ncc(SC)cn4)nc3)cn2)cn1. The molecule has 4 aromatic rings. The minimum Gasteiger partial charge on any atom is -0.464 e. The Balaban J connectivity index is 1.11. The fourth-order valence-corrected chi connectivity index (χ4v) is 4.71. The second-order valence-corrected chi connectivity index (χ2v) is 12.0. The van der Waals surface area contributed by atoms with Gasteiger partial charge in [-0.15, -0.1) is 23.5 Å². The molecule has 0 aromatic carbocycles. The second-order valence-electron chi connectivity index (χ2n) is 10.0. The first kappa shape index (κ1) is 32.7. The Morgan fingerprint density at radius 2 is 1.27 bits per heavy atom. The predicted molar refractivity (Wildman–Crippen MR) is 175 cm³/mol. The normalized spacial score (nSPS) is 12.2. The Labute approximate surface area is 265 Å². The molecule has 0 aliphatic rings. The molecule has 0 saturated heterocycles. The summed E-state index contributed by atoms with van der Waals surface area (Å²) in [4.78, 5) is 43.8. The summed E-state index contributed by atoms with van der Waals surface area (Å²) in [7, 11) is 1.31. The summed E-state index contributed by atoms with van der Waals surface area (Å²) in [5, 5.41) is 13.1. The molecule has 4 N–H and O–H groups in total. The molecule has 4 aromatic heterocycles. The van der Waals surface area contributed by atoms with Crippen molar-refractivity contribution in [3.8, 4) is 0 Å². The van der Waals surface area contributed by atoms with Crippen LogP contribution in [-0.2, 0) is 10.5 Å². The fraction of sp³-hybridized carbons (Fsp3) is 0.379. The number of carbonyl (C=O) groups excluding carboxylic acids is 1. The van der Waals surface area contributed by atoms with E-state index in [0.717, 1.165) is 40.0 Å². The highest BCUT2D eigenvalue weighted by atomic mass is 32.2. The van der Waals surface area contributed by atoms with Crippen molar-refractivity contribution in [3.63, 3.8) is 0 Å². The highest BCUT2D eigenvalue weighted by Gasteiger charge is 2.09. The monoisotopic (exact) mass is 635 g/mol. The molecular formula is C29H37N11O2S2. The van der Waals surface area contributed by atoms with Crippen molar-refractivity contribution in [2.45, 2.75) is 29.4 Å². The van der Waals surface area contributed by atoms with Gasteiger partial charge in [-0.1, -0.05) is 19.9 Å². The molecule has 15 heteroatoms. The quantitative estimate of drug-likeness (QED) is 0.0941. The second kappa shape index (κ2) is 17.2. The minimum absolute atomic E-state index is 0.170. The van der Waals surface area contributed by atoms with Gasteiger partial charge in [-0.2, -0.15) is 0 Å². The summed E-state index contributed by atoms with van der Waals surface area (Å²) in [6.07, 6.45) is 14.1. The van der Waals surface area contributed by atoms with E-state index in [1.807, 2.05) is 43.3 Å². The molecule has 13 nitrogen and oxygen atoms in total. The smallest absolute Gasteiger partial charge is 0.358 e. The molecule has 0 aliphatic heterocycles. The third kappa shape index (κ3) is 10.8. The first-order valence-corrected chi connectivity index (χ1v) is 16.2. The van der Waals surface area contributed by atoms with Crippen LogP contribution in [0.15, 0.2) is 65.3 Å². The van der Waals surface area contributed by atoms with Crippen molar-refractivity contribution in [2.24, 2.45) is 11.8 Å². The molecule has 4 rings (SSSR count). The molecule has 0 amide bonds. The number of methoxy groups -OCH3 is 1. The van der Waals surface area contributed by atoms with Crippen molar-refractivity contribution >= 4 is 53.0 Å². The summed E-state index contributed by atoms with van der Waals surface area (Å²) in [6.45, 7) is 7.14. The van der Waals surface area contributed by atoms with Gasteiger partial charge in [-0.25, -0.2) is 39.7 Å². The lowest BCUT2D eigenvalue weighted by atomic mass is 10.2. The van der Waals surface area contributed by atoms with Gasteiger partial charge in [-0.3, -0.25) is 0 Å². The zero-order chi connectivity index (χ0) is 31.1. The van der Waals surface area contributed by atoms with E-state index in [0.29, 0.717) is 36.7 Å². The molecule has 232 valence electrons. The number of hydrogen-bond acceptors (Lipinski definition) is 15. The fourth-order valence-electron chi connectivity index (χ4n) is 3.64. The van der Waals surface area contributed by atoms with Crippen LogP contribution in [0, 0.1) is 11.8 Å². The molecule has 0 bridgehead atoms. The van der Waals surface area contributed by atoms with Gasteiger partial charge in [0.2, 0.25) is 11.9 Å². The molecule has 4 heterocycles. The largest absolute Gasteiger partial charge is 0.464 e. The first-order chi connectivity index (χ1) is 21.4. The lowest BCUT2D eigenvalue weighted by Gasteiger charge is -2.14. The maximum absolute atomic E-state index is 11.5. The van der Waals surface area contributed by atoms with E-state index < -0.39 is 5.97 Å². The third-order valence-electron chi connectivity index (χ3n) is 6.25. The van der Waals surface area contributed by atoms with Gasteiger partial charge >= 0.3 is 5.97 Å². The van der Waals surface area contributed by atoms with Crippen molar-refractivity contribution in [1.82, 2.24) is 34.9 Å². The summed E-state index contributed by atoms with van der Waals surface area (Å²) < 4.78 is 4.63. The zero-order valence-corrected chi connectivity index (χ0v) is 26.8. The van der Waals surface area contributed by atoms with Crippen LogP contribution >= 0.6 is 23.5 Å². The van der Waals surface area contributed by atoms with Gasteiger partial charge in [0.1, 0.15) is 11.6 Å². The third-order valence-corrected chi connectivity index (χ3v) is 7.95. The number of aromatic nitrogens is 7. The van der Waals surface area contributed by atoms with Gasteiger partial charge in [0.05, 0.1) is 19.5 Å². The van der Waals surface area contributed by atoms with Crippen LogP contribution in [0.4, 0.5) is 23.5 Å². The van der Waals surface area contributed by atoms with Gasteiger partial charge in [0.25, 0.3) is 0 Å². The number of hydrogen-bond donors (Lipinski definition) is 4. The average Bonchev–Trinajstić information content (AvgIpc) is 3.08. The van der Waals surface area contributed by atoms with Crippen LogP contribution in [0.25, 0.3) is 0 Å². The zero-order valence-electron chi connectivity index (χ0n) is 25.1. The number of thioether (sulfide) groups is 2. The van der Waals surface area contributed by atoms with Crippen molar-refractivity contribution in [3.05, 3.63) is 66.8 Å². The van der Waals surface area contributed by atoms with Crippen LogP contribution in [0.2, 0.25) is 0 Å². The molecule has 0 saturated carbocycles. The highest BCUT2D eigenvalue weighted by Crippen LogP contribution is 2.22. The standard InChI is InChI=1S/C29H37N11O2S2/c1-19(9-35-28-37-12-22(43-4)13-38-28)7-31-25-6-5-21(11-33-25)18-44-23-14-39-29(40-15-23)36-10-20(2)8-32-26-17-30-24(16-34-26)27(41)42-3/h5-6,11-17,19-20H,7-10,18H2,1-4H3,(H,31,33)(H,32,34)(H,35,37,38)(H,36,39,40). The lowest BCUT2D eigenvalue weighted by molar-refractivity contribution is 0.0593. The average molecular weight is 636 g/mol. The number of pyridine rings is 1. The number of esters is 1. The van der Waals surface area contributed by atoms with Gasteiger partial charge in [0.15, 0.2) is 5.69 Å². The predicted octanol–water partition coefficient (Wildman–Crippen LogP) is 4.57. The Hall–Kier alpha value is -4.24. The van der Waals surface area contributed by atoms with Gasteiger partial charge in [-0.05, 0) is 29.7 Å². The highest BCUT2D eigenvalue weighted by molar-refractivity contribution is 7.98. The number of anilines is 4. The summed E-state index contributed by atoms with van der Waals surface area (Å²) >= 11 is 3.28. The van der Waals surface area contributed by atoms with Crippen molar-refractivity contribution in [1.29, 1.82) is 0 Å². The van der Waals surface area contributed by atoms with E-state index >= 15 is 0 Å². The number of carbonyl (C=O) groups is 1. The Bertz CT molecular complexity index is 1430. The maximum atomic E-state index is 11.5. The molecule has 2 unspecified atom stereocenters. The van der Waals surface area contributed by atoms with Crippen molar-refractivity contribution < 1.29 is 9.53 Å². The van der Waals surface area contributed by atoms with E-state index in [1.165, 1.54) is 19.5 Å². The number of rotatable bonds is 17. The molecule has 44 heavy (non-hydrogen) atoms. The molecule has 0 spiro atoms. The molecule has 0 fully saturated rings. The molecular weight excluding hydrogens is 599 g/mol. The number of nitrogens with zero attached hydrogens (tertiary/aromatic N) is 7. The van der Waals surface area contributed by atoms with Crippen LogP contribution < -0.4 is 21.3 Å².